The monoisotopic (exact) mass is 297 g/mol. The molecule has 0 aliphatic carbocycles. The van der Waals surface area contributed by atoms with Crippen molar-refractivity contribution >= 4 is 23.4 Å². The van der Waals surface area contributed by atoms with Crippen LogP contribution in [0.25, 0.3) is 0 Å². The first-order valence-corrected chi connectivity index (χ1v) is 7.75. The van der Waals surface area contributed by atoms with Gasteiger partial charge in [0.05, 0.1) is 16.1 Å². The molecule has 3 nitrogen and oxygen atoms in total. The van der Waals surface area contributed by atoms with Crippen LogP contribution in [0.15, 0.2) is 23.4 Å². The fourth-order valence-corrected chi connectivity index (χ4v) is 2.75. The van der Waals surface area contributed by atoms with Gasteiger partial charge in [0.15, 0.2) is 0 Å². The molecule has 1 aromatic rings. The molecule has 1 heterocycles. The molecule has 1 N–H and O–H groups in total. The van der Waals surface area contributed by atoms with Crippen LogP contribution in [0.1, 0.15) is 33.6 Å². The molecule has 19 heavy (non-hydrogen) atoms. The Hall–Kier alpha value is -0.760. The molecule has 0 fully saturated rings. The average molecular weight is 298 g/mol. The first-order chi connectivity index (χ1) is 8.95. The van der Waals surface area contributed by atoms with E-state index in [4.69, 9.17) is 11.6 Å². The maximum Gasteiger partial charge on any atom is 0.104 e. The van der Waals surface area contributed by atoms with Crippen molar-refractivity contribution in [3.05, 3.63) is 23.4 Å². The summed E-state index contributed by atoms with van der Waals surface area (Å²) in [6, 6.07) is 6.44. The Labute approximate surface area is 124 Å². The fourth-order valence-electron chi connectivity index (χ4n) is 1.85. The molecule has 0 aliphatic rings. The highest BCUT2D eigenvalue weighted by molar-refractivity contribution is 7.99. The van der Waals surface area contributed by atoms with Crippen molar-refractivity contribution in [3.63, 3.8) is 0 Å². The molecule has 0 aliphatic heterocycles. The van der Waals surface area contributed by atoms with Gasteiger partial charge in [-0.15, -0.1) is 11.8 Å². The topological polar surface area (TPSA) is 48.7 Å². The van der Waals surface area contributed by atoms with Crippen molar-refractivity contribution in [3.8, 4) is 6.07 Å². The van der Waals surface area contributed by atoms with Crippen molar-refractivity contribution in [1.29, 1.82) is 5.26 Å². The number of hydrogen-bond acceptors (Lipinski definition) is 4. The molecular formula is C14H20ClN3S. The van der Waals surface area contributed by atoms with Gasteiger partial charge in [-0.05, 0) is 51.5 Å². The van der Waals surface area contributed by atoms with E-state index in [-0.39, 0.29) is 0 Å². The third kappa shape index (κ3) is 6.29. The predicted octanol–water partition coefficient (Wildman–Crippen LogP) is 3.89. The number of halogens is 1. The molecule has 0 spiro atoms. The van der Waals surface area contributed by atoms with Gasteiger partial charge >= 0.3 is 0 Å². The number of nitrogens with zero attached hydrogens (tertiary/aromatic N) is 2. The summed E-state index contributed by atoms with van der Waals surface area (Å²) in [5, 5.41) is 14.2. The van der Waals surface area contributed by atoms with Crippen molar-refractivity contribution in [1.82, 2.24) is 10.3 Å². The quantitative estimate of drug-likeness (QED) is 0.613. The highest BCUT2D eigenvalue weighted by Gasteiger charge is 2.23. The van der Waals surface area contributed by atoms with E-state index in [0.717, 1.165) is 23.6 Å². The maximum atomic E-state index is 9.23. The summed E-state index contributed by atoms with van der Waals surface area (Å²) in [6.45, 7) is 6.07. The van der Waals surface area contributed by atoms with Gasteiger partial charge in [0, 0.05) is 12.2 Å². The van der Waals surface area contributed by atoms with E-state index in [2.05, 4.69) is 30.2 Å². The van der Waals surface area contributed by atoms with Gasteiger partial charge < -0.3 is 0 Å². The molecule has 0 saturated heterocycles. The highest BCUT2D eigenvalue weighted by atomic mass is 35.5. The molecule has 0 bridgehead atoms. The van der Waals surface area contributed by atoms with Crippen LogP contribution in [-0.2, 0) is 0 Å². The Balaban J connectivity index is 2.33. The molecule has 1 unspecified atom stereocenters. The van der Waals surface area contributed by atoms with Crippen LogP contribution in [0.3, 0.4) is 0 Å². The first kappa shape index (κ1) is 16.3. The lowest BCUT2D eigenvalue weighted by molar-refractivity contribution is 0.380. The van der Waals surface area contributed by atoms with Crippen molar-refractivity contribution in [2.75, 3.05) is 5.75 Å². The minimum absolute atomic E-state index is 0.315. The van der Waals surface area contributed by atoms with Gasteiger partial charge in [0.1, 0.15) is 5.54 Å². The molecule has 1 rings (SSSR count). The first-order valence-electron chi connectivity index (χ1n) is 6.38. The summed E-state index contributed by atoms with van der Waals surface area (Å²) < 4.78 is 0. The van der Waals surface area contributed by atoms with E-state index in [1.165, 1.54) is 0 Å². The van der Waals surface area contributed by atoms with Crippen molar-refractivity contribution in [2.45, 2.75) is 50.2 Å². The molecule has 0 aromatic carbocycles. The lowest BCUT2D eigenvalue weighted by Gasteiger charge is -2.25. The van der Waals surface area contributed by atoms with Gasteiger partial charge in [0.2, 0.25) is 0 Å². The fraction of sp³-hybridized carbons (Fsp3) is 0.571. The molecule has 1 aromatic heterocycles. The molecule has 1 atom stereocenters. The minimum Gasteiger partial charge on any atom is -0.297 e. The number of pyridine rings is 1. The van der Waals surface area contributed by atoms with Crippen LogP contribution < -0.4 is 5.32 Å². The van der Waals surface area contributed by atoms with Crippen molar-refractivity contribution < 1.29 is 0 Å². The Bertz CT molecular complexity index is 427. The zero-order valence-electron chi connectivity index (χ0n) is 11.6. The molecular weight excluding hydrogens is 278 g/mol. The molecule has 0 radical (unpaired) electrons. The minimum atomic E-state index is -0.442. The van der Waals surface area contributed by atoms with Crippen LogP contribution >= 0.6 is 23.4 Å². The predicted molar refractivity (Wildman–Crippen MR) is 81.5 cm³/mol. The lowest BCUT2D eigenvalue weighted by atomic mass is 9.97. The number of thioether (sulfide) groups is 1. The smallest absolute Gasteiger partial charge is 0.104 e. The van der Waals surface area contributed by atoms with Crippen molar-refractivity contribution in [2.24, 2.45) is 0 Å². The Morgan fingerprint density at radius 1 is 1.53 bits per heavy atom. The molecule has 104 valence electrons. The van der Waals surface area contributed by atoms with E-state index >= 15 is 0 Å². The van der Waals surface area contributed by atoms with Gasteiger partial charge in [-0.25, -0.2) is 4.98 Å². The maximum absolute atomic E-state index is 9.23. The number of nitriles is 1. The van der Waals surface area contributed by atoms with E-state index in [1.54, 1.807) is 18.0 Å². The summed E-state index contributed by atoms with van der Waals surface area (Å²) in [5.74, 6) is 0.950. The van der Waals surface area contributed by atoms with Crippen LogP contribution in [-0.4, -0.2) is 22.3 Å². The Morgan fingerprint density at radius 2 is 2.26 bits per heavy atom. The van der Waals surface area contributed by atoms with Gasteiger partial charge in [0.25, 0.3) is 0 Å². The summed E-state index contributed by atoms with van der Waals surface area (Å²) in [4.78, 5) is 4.23. The summed E-state index contributed by atoms with van der Waals surface area (Å²) >= 11 is 7.48. The average Bonchev–Trinajstić information content (AvgIpc) is 2.36. The van der Waals surface area contributed by atoms with Gasteiger partial charge in [-0.3, -0.25) is 5.32 Å². The summed E-state index contributed by atoms with van der Waals surface area (Å²) in [7, 11) is 0. The Morgan fingerprint density at radius 3 is 2.79 bits per heavy atom. The van der Waals surface area contributed by atoms with Crippen LogP contribution in [0.2, 0.25) is 5.02 Å². The second kappa shape index (κ2) is 7.74. The molecule has 0 amide bonds. The number of aromatic nitrogens is 1. The summed E-state index contributed by atoms with van der Waals surface area (Å²) in [5.41, 5.74) is -0.442. The zero-order valence-corrected chi connectivity index (χ0v) is 13.2. The second-order valence-corrected chi connectivity index (χ2v) is 6.56. The van der Waals surface area contributed by atoms with Crippen LogP contribution in [0.5, 0.6) is 0 Å². The molecule has 0 saturated carbocycles. The number of hydrogen-bond donors (Lipinski definition) is 1. The van der Waals surface area contributed by atoms with Gasteiger partial charge in [-0.2, -0.15) is 5.26 Å². The Kier molecular flexibility index (Phi) is 6.64. The van der Waals surface area contributed by atoms with Crippen LogP contribution in [0.4, 0.5) is 0 Å². The third-order valence-corrected chi connectivity index (χ3v) is 3.88. The second-order valence-electron chi connectivity index (χ2n) is 5.01. The number of rotatable bonds is 7. The van der Waals surface area contributed by atoms with E-state index < -0.39 is 5.54 Å². The van der Waals surface area contributed by atoms with E-state index in [0.29, 0.717) is 11.1 Å². The SMILES string of the molecule is CC(C)NC(C)(C#N)CCCSc1ccc(Cl)cn1. The third-order valence-electron chi connectivity index (χ3n) is 2.63. The van der Waals surface area contributed by atoms with Crippen LogP contribution in [0, 0.1) is 11.3 Å². The standard InChI is InChI=1S/C14H20ClN3S/c1-11(2)18-14(3,10-16)7-4-8-19-13-6-5-12(15)9-17-13/h5-6,9,11,18H,4,7-8H2,1-3H3. The normalized spacial score (nSPS) is 14.1. The highest BCUT2D eigenvalue weighted by Crippen LogP contribution is 2.21. The zero-order chi connectivity index (χ0) is 14.3. The molecule has 5 heteroatoms. The van der Waals surface area contributed by atoms with Gasteiger partial charge in [-0.1, -0.05) is 11.6 Å². The summed E-state index contributed by atoms with van der Waals surface area (Å²) in [6.07, 6.45) is 3.46. The largest absolute Gasteiger partial charge is 0.297 e. The van der Waals surface area contributed by atoms with E-state index in [9.17, 15) is 5.26 Å². The van der Waals surface area contributed by atoms with E-state index in [1.807, 2.05) is 19.1 Å². The number of nitrogens with one attached hydrogen (secondary N) is 1. The lowest BCUT2D eigenvalue weighted by Crippen LogP contribution is -2.44.